The highest BCUT2D eigenvalue weighted by Gasteiger charge is 2.22. The molecule has 1 aliphatic carbocycles. The molecule has 114 valence electrons. The summed E-state index contributed by atoms with van der Waals surface area (Å²) in [5.41, 5.74) is -0.0451. The van der Waals surface area contributed by atoms with Crippen molar-refractivity contribution in [1.82, 2.24) is 10.6 Å². The van der Waals surface area contributed by atoms with Gasteiger partial charge in [-0.15, -0.1) is 0 Å². The third-order valence-electron chi connectivity index (χ3n) is 3.99. The highest BCUT2D eigenvalue weighted by molar-refractivity contribution is 5.96. The SMILES string of the molecule is C[C@H]1CCCC[C@H]1NC(=O)CNC(=O)c1ccccc1F. The van der Waals surface area contributed by atoms with Crippen LogP contribution in [0.15, 0.2) is 24.3 Å². The second-order valence-electron chi connectivity index (χ2n) is 5.60. The lowest BCUT2D eigenvalue weighted by atomic mass is 9.86. The molecule has 0 bridgehead atoms. The fraction of sp³-hybridized carbons (Fsp3) is 0.500. The minimum absolute atomic E-state index is 0.0451. The van der Waals surface area contributed by atoms with E-state index >= 15 is 0 Å². The second kappa shape index (κ2) is 7.20. The van der Waals surface area contributed by atoms with Gasteiger partial charge in [0.2, 0.25) is 5.91 Å². The highest BCUT2D eigenvalue weighted by Crippen LogP contribution is 2.23. The van der Waals surface area contributed by atoms with E-state index in [0.717, 1.165) is 19.3 Å². The molecule has 0 aromatic heterocycles. The molecule has 0 unspecified atom stereocenters. The molecule has 1 aromatic rings. The van der Waals surface area contributed by atoms with E-state index in [1.165, 1.54) is 24.6 Å². The van der Waals surface area contributed by atoms with Crippen LogP contribution < -0.4 is 10.6 Å². The number of rotatable bonds is 4. The van der Waals surface area contributed by atoms with Crippen molar-refractivity contribution < 1.29 is 14.0 Å². The third kappa shape index (κ3) is 4.28. The Morgan fingerprint density at radius 2 is 1.95 bits per heavy atom. The van der Waals surface area contributed by atoms with Crippen molar-refractivity contribution in [3.05, 3.63) is 35.6 Å². The number of carbonyl (C=O) groups excluding carboxylic acids is 2. The lowest BCUT2D eigenvalue weighted by Gasteiger charge is -2.29. The molecule has 0 aliphatic heterocycles. The van der Waals surface area contributed by atoms with Crippen molar-refractivity contribution in [3.8, 4) is 0 Å². The Morgan fingerprint density at radius 3 is 2.67 bits per heavy atom. The van der Waals surface area contributed by atoms with Crippen LogP contribution in [0.25, 0.3) is 0 Å². The zero-order valence-corrected chi connectivity index (χ0v) is 12.2. The van der Waals surface area contributed by atoms with E-state index in [4.69, 9.17) is 0 Å². The number of hydrogen-bond acceptors (Lipinski definition) is 2. The van der Waals surface area contributed by atoms with E-state index < -0.39 is 11.7 Å². The van der Waals surface area contributed by atoms with Crippen LogP contribution in [0.1, 0.15) is 43.0 Å². The Labute approximate surface area is 124 Å². The molecule has 2 N–H and O–H groups in total. The Kier molecular flexibility index (Phi) is 5.31. The van der Waals surface area contributed by atoms with Gasteiger partial charge in [0.25, 0.3) is 5.91 Å². The fourth-order valence-corrected chi connectivity index (χ4v) is 2.69. The summed E-state index contributed by atoms with van der Waals surface area (Å²) in [4.78, 5) is 23.7. The van der Waals surface area contributed by atoms with Crippen molar-refractivity contribution in [2.75, 3.05) is 6.54 Å². The number of benzene rings is 1. The maximum Gasteiger partial charge on any atom is 0.254 e. The molecule has 0 radical (unpaired) electrons. The first-order valence-electron chi connectivity index (χ1n) is 7.40. The molecule has 0 saturated heterocycles. The maximum absolute atomic E-state index is 13.4. The Morgan fingerprint density at radius 1 is 1.24 bits per heavy atom. The highest BCUT2D eigenvalue weighted by atomic mass is 19.1. The molecular weight excluding hydrogens is 271 g/mol. The Hall–Kier alpha value is -1.91. The molecule has 1 fully saturated rings. The van der Waals surface area contributed by atoms with Gasteiger partial charge in [0.15, 0.2) is 0 Å². The molecule has 1 saturated carbocycles. The molecule has 0 heterocycles. The normalized spacial score (nSPS) is 21.6. The van der Waals surface area contributed by atoms with E-state index in [2.05, 4.69) is 17.6 Å². The molecule has 2 atom stereocenters. The van der Waals surface area contributed by atoms with Crippen LogP contribution >= 0.6 is 0 Å². The first kappa shape index (κ1) is 15.5. The van der Waals surface area contributed by atoms with Gasteiger partial charge in [-0.3, -0.25) is 9.59 Å². The Balaban J connectivity index is 1.81. The summed E-state index contributed by atoms with van der Waals surface area (Å²) in [6.07, 6.45) is 4.43. The van der Waals surface area contributed by atoms with Gasteiger partial charge < -0.3 is 10.6 Å². The smallest absolute Gasteiger partial charge is 0.254 e. The van der Waals surface area contributed by atoms with Crippen LogP contribution in [0.3, 0.4) is 0 Å². The number of amides is 2. The molecule has 21 heavy (non-hydrogen) atoms. The van der Waals surface area contributed by atoms with Gasteiger partial charge in [-0.2, -0.15) is 0 Å². The minimum atomic E-state index is -0.587. The fourth-order valence-electron chi connectivity index (χ4n) is 2.69. The summed E-state index contributed by atoms with van der Waals surface area (Å²) in [7, 11) is 0. The number of carbonyl (C=O) groups is 2. The van der Waals surface area contributed by atoms with Gasteiger partial charge in [0, 0.05) is 6.04 Å². The van der Waals surface area contributed by atoms with Crippen LogP contribution in [0, 0.1) is 11.7 Å². The lowest BCUT2D eigenvalue weighted by molar-refractivity contribution is -0.121. The van der Waals surface area contributed by atoms with Crippen LogP contribution in [0.4, 0.5) is 4.39 Å². The van der Waals surface area contributed by atoms with Gasteiger partial charge in [-0.05, 0) is 30.9 Å². The van der Waals surface area contributed by atoms with Crippen molar-refractivity contribution in [3.63, 3.8) is 0 Å². The van der Waals surface area contributed by atoms with E-state index in [1.807, 2.05) is 0 Å². The summed E-state index contributed by atoms with van der Waals surface area (Å²) in [6, 6.07) is 5.90. The average Bonchev–Trinajstić information content (AvgIpc) is 2.48. The summed E-state index contributed by atoms with van der Waals surface area (Å²) >= 11 is 0. The number of nitrogens with one attached hydrogen (secondary N) is 2. The number of halogens is 1. The van der Waals surface area contributed by atoms with Crippen LogP contribution in [-0.2, 0) is 4.79 Å². The molecule has 4 nitrogen and oxygen atoms in total. The monoisotopic (exact) mass is 292 g/mol. The largest absolute Gasteiger partial charge is 0.352 e. The minimum Gasteiger partial charge on any atom is -0.352 e. The predicted molar refractivity (Wildman–Crippen MR) is 78.3 cm³/mol. The van der Waals surface area contributed by atoms with E-state index in [0.29, 0.717) is 5.92 Å². The summed E-state index contributed by atoms with van der Waals surface area (Å²) in [5.74, 6) is -0.917. The van der Waals surface area contributed by atoms with Gasteiger partial charge >= 0.3 is 0 Å². The van der Waals surface area contributed by atoms with Gasteiger partial charge in [-0.1, -0.05) is 31.9 Å². The quantitative estimate of drug-likeness (QED) is 0.894. The third-order valence-corrected chi connectivity index (χ3v) is 3.99. The zero-order chi connectivity index (χ0) is 15.2. The molecular formula is C16H21FN2O2. The van der Waals surface area contributed by atoms with Crippen LogP contribution in [-0.4, -0.2) is 24.4 Å². The van der Waals surface area contributed by atoms with Crippen LogP contribution in [0.2, 0.25) is 0 Å². The summed E-state index contributed by atoms with van der Waals surface area (Å²) < 4.78 is 13.4. The maximum atomic E-state index is 13.4. The molecule has 1 aromatic carbocycles. The Bertz CT molecular complexity index is 519. The van der Waals surface area contributed by atoms with Crippen molar-refractivity contribution in [2.24, 2.45) is 5.92 Å². The van der Waals surface area contributed by atoms with Crippen LogP contribution in [0.5, 0.6) is 0 Å². The second-order valence-corrected chi connectivity index (χ2v) is 5.60. The average molecular weight is 292 g/mol. The first-order valence-corrected chi connectivity index (χ1v) is 7.40. The lowest BCUT2D eigenvalue weighted by Crippen LogP contribution is -2.45. The van der Waals surface area contributed by atoms with Gasteiger partial charge in [0.1, 0.15) is 5.82 Å². The zero-order valence-electron chi connectivity index (χ0n) is 12.2. The van der Waals surface area contributed by atoms with Crippen molar-refractivity contribution >= 4 is 11.8 Å². The van der Waals surface area contributed by atoms with Gasteiger partial charge in [-0.25, -0.2) is 4.39 Å². The van der Waals surface area contributed by atoms with Gasteiger partial charge in [0.05, 0.1) is 12.1 Å². The predicted octanol–water partition coefficient (Wildman–Crippen LogP) is 2.25. The summed E-state index contributed by atoms with van der Waals surface area (Å²) in [5, 5.41) is 5.40. The molecule has 1 aliphatic rings. The van der Waals surface area contributed by atoms with Crippen molar-refractivity contribution in [1.29, 1.82) is 0 Å². The molecule has 0 spiro atoms. The summed E-state index contributed by atoms with van der Waals surface area (Å²) in [6.45, 7) is 2.00. The van der Waals surface area contributed by atoms with E-state index in [1.54, 1.807) is 6.07 Å². The molecule has 2 rings (SSSR count). The van der Waals surface area contributed by atoms with Crippen molar-refractivity contribution in [2.45, 2.75) is 38.6 Å². The van der Waals surface area contributed by atoms with E-state index in [-0.39, 0.29) is 24.1 Å². The first-order chi connectivity index (χ1) is 10.1. The van der Waals surface area contributed by atoms with E-state index in [9.17, 15) is 14.0 Å². The standard InChI is InChI=1S/C16H21FN2O2/c1-11-6-2-5-9-14(11)19-15(20)10-18-16(21)12-7-3-4-8-13(12)17/h3-4,7-8,11,14H,2,5-6,9-10H2,1H3,(H,18,21)(H,19,20)/t11-,14+/m0/s1. The molecule has 2 amide bonds. The molecule has 5 heteroatoms. The number of hydrogen-bond donors (Lipinski definition) is 2. The topological polar surface area (TPSA) is 58.2 Å².